The molecule has 2 aromatic carbocycles. The third-order valence-corrected chi connectivity index (χ3v) is 4.81. The summed E-state index contributed by atoms with van der Waals surface area (Å²) in [6, 6.07) is 17.2. The molecule has 0 saturated heterocycles. The third kappa shape index (κ3) is 2.53. The van der Waals surface area contributed by atoms with Gasteiger partial charge in [0, 0.05) is 27.7 Å². The number of H-pyrrole nitrogens is 1. The molecule has 1 aliphatic rings. The number of aromatic amines is 1. The zero-order valence-corrected chi connectivity index (χ0v) is 13.2. The Morgan fingerprint density at radius 1 is 1.09 bits per heavy atom. The quantitative estimate of drug-likeness (QED) is 0.724. The highest BCUT2D eigenvalue weighted by Crippen LogP contribution is 2.33. The summed E-state index contributed by atoms with van der Waals surface area (Å²) in [7, 11) is 0. The Hall–Kier alpha value is -1.77. The van der Waals surface area contributed by atoms with Crippen molar-refractivity contribution in [3.8, 4) is 0 Å². The number of hydrogen-bond donors (Lipinski definition) is 2. The number of rotatable bonds is 3. The average Bonchev–Trinajstić information content (AvgIpc) is 2.92. The topological polar surface area (TPSA) is 27.8 Å². The molecule has 4 rings (SSSR count). The molecule has 22 heavy (non-hydrogen) atoms. The number of hydrogen-bond acceptors (Lipinski definition) is 1. The van der Waals surface area contributed by atoms with Crippen LogP contribution in [0, 0.1) is 0 Å². The van der Waals surface area contributed by atoms with E-state index in [9.17, 15) is 0 Å². The van der Waals surface area contributed by atoms with E-state index in [2.05, 4.69) is 52.8 Å². The number of fused-ring (bicyclic) bond motifs is 3. The van der Waals surface area contributed by atoms with Gasteiger partial charge < -0.3 is 10.3 Å². The fourth-order valence-electron chi connectivity index (χ4n) is 3.48. The van der Waals surface area contributed by atoms with E-state index >= 15 is 0 Å². The van der Waals surface area contributed by atoms with Crippen LogP contribution in [0.1, 0.15) is 29.3 Å². The maximum atomic E-state index is 6.17. The fraction of sp³-hybridized carbons (Fsp3) is 0.263. The Labute approximate surface area is 135 Å². The van der Waals surface area contributed by atoms with Crippen molar-refractivity contribution in [2.75, 3.05) is 6.54 Å². The highest BCUT2D eigenvalue weighted by atomic mass is 35.5. The summed E-state index contributed by atoms with van der Waals surface area (Å²) in [4.78, 5) is 3.61. The minimum atomic E-state index is 0.398. The average molecular weight is 311 g/mol. The van der Waals surface area contributed by atoms with Gasteiger partial charge in [-0.15, -0.1) is 0 Å². The van der Waals surface area contributed by atoms with Crippen LogP contribution >= 0.6 is 11.6 Å². The number of benzene rings is 2. The van der Waals surface area contributed by atoms with Gasteiger partial charge >= 0.3 is 0 Å². The number of aryl methyl sites for hydroxylation is 1. The summed E-state index contributed by atoms with van der Waals surface area (Å²) in [5.41, 5.74) is 5.38. The van der Waals surface area contributed by atoms with Crippen molar-refractivity contribution >= 4 is 22.5 Å². The van der Waals surface area contributed by atoms with Gasteiger partial charge in [0.1, 0.15) is 0 Å². The molecule has 0 saturated carbocycles. The van der Waals surface area contributed by atoms with Crippen LogP contribution < -0.4 is 5.32 Å². The van der Waals surface area contributed by atoms with Crippen LogP contribution in [0.25, 0.3) is 10.9 Å². The Morgan fingerprint density at radius 2 is 1.95 bits per heavy atom. The van der Waals surface area contributed by atoms with Crippen LogP contribution in [0.5, 0.6) is 0 Å². The molecule has 3 aromatic rings. The number of nitrogens with one attached hydrogen (secondary N) is 2. The SMILES string of the molecule is Clc1ccc2[nH]c3c(c2c1)CCNC3CCc1ccccc1. The molecule has 112 valence electrons. The van der Waals surface area contributed by atoms with Crippen molar-refractivity contribution in [3.05, 3.63) is 70.4 Å². The maximum Gasteiger partial charge on any atom is 0.0479 e. The lowest BCUT2D eigenvalue weighted by atomic mass is 9.95. The monoisotopic (exact) mass is 310 g/mol. The third-order valence-electron chi connectivity index (χ3n) is 4.58. The molecule has 0 bridgehead atoms. The second-order valence-corrected chi connectivity index (χ2v) is 6.42. The molecule has 1 atom stereocenters. The van der Waals surface area contributed by atoms with E-state index in [1.165, 1.54) is 27.7 Å². The van der Waals surface area contributed by atoms with Crippen molar-refractivity contribution in [2.24, 2.45) is 0 Å². The van der Waals surface area contributed by atoms with Gasteiger partial charge in [0.15, 0.2) is 0 Å². The standard InChI is InChI=1S/C19H19ClN2/c20-14-7-9-17-16(12-14)15-10-11-21-18(19(15)22-17)8-6-13-4-2-1-3-5-13/h1-5,7,9,12,18,21-22H,6,8,10-11H2. The van der Waals surface area contributed by atoms with Crippen LogP contribution in [0.2, 0.25) is 5.02 Å². The molecule has 3 heteroatoms. The van der Waals surface area contributed by atoms with E-state index in [4.69, 9.17) is 11.6 Å². The van der Waals surface area contributed by atoms with E-state index in [0.29, 0.717) is 6.04 Å². The van der Waals surface area contributed by atoms with Gasteiger partial charge in [0.2, 0.25) is 0 Å². The lowest BCUT2D eigenvalue weighted by Gasteiger charge is -2.24. The van der Waals surface area contributed by atoms with Crippen molar-refractivity contribution in [2.45, 2.75) is 25.3 Å². The van der Waals surface area contributed by atoms with Crippen LogP contribution in [-0.4, -0.2) is 11.5 Å². The Balaban J connectivity index is 1.63. The summed E-state index contributed by atoms with van der Waals surface area (Å²) in [5, 5.41) is 5.76. The Kier molecular flexibility index (Phi) is 3.65. The van der Waals surface area contributed by atoms with Crippen LogP contribution in [0.4, 0.5) is 0 Å². The van der Waals surface area contributed by atoms with Gasteiger partial charge in [-0.25, -0.2) is 0 Å². The number of aromatic nitrogens is 1. The molecular weight excluding hydrogens is 292 g/mol. The minimum absolute atomic E-state index is 0.398. The first kappa shape index (κ1) is 13.9. The van der Waals surface area contributed by atoms with Crippen molar-refractivity contribution in [3.63, 3.8) is 0 Å². The largest absolute Gasteiger partial charge is 0.357 e. The molecule has 0 fully saturated rings. The lowest BCUT2D eigenvalue weighted by molar-refractivity contribution is 0.468. The van der Waals surface area contributed by atoms with E-state index in [1.54, 1.807) is 0 Å². The fourth-order valence-corrected chi connectivity index (χ4v) is 3.66. The molecule has 1 unspecified atom stereocenters. The maximum absolute atomic E-state index is 6.17. The molecule has 0 radical (unpaired) electrons. The van der Waals surface area contributed by atoms with Crippen molar-refractivity contribution in [1.82, 2.24) is 10.3 Å². The van der Waals surface area contributed by atoms with Crippen LogP contribution in [0.15, 0.2) is 48.5 Å². The predicted molar refractivity (Wildman–Crippen MR) is 92.5 cm³/mol. The first-order chi connectivity index (χ1) is 10.8. The lowest BCUT2D eigenvalue weighted by Crippen LogP contribution is -2.30. The van der Waals surface area contributed by atoms with Gasteiger partial charge in [0.25, 0.3) is 0 Å². The summed E-state index contributed by atoms with van der Waals surface area (Å²) in [6.45, 7) is 1.03. The van der Waals surface area contributed by atoms with Gasteiger partial charge in [-0.2, -0.15) is 0 Å². The number of halogens is 1. The van der Waals surface area contributed by atoms with E-state index in [0.717, 1.165) is 30.8 Å². The van der Waals surface area contributed by atoms with Gasteiger partial charge in [-0.05, 0) is 55.1 Å². The smallest absolute Gasteiger partial charge is 0.0479 e. The molecule has 0 spiro atoms. The molecule has 2 nitrogen and oxygen atoms in total. The van der Waals surface area contributed by atoms with E-state index in [-0.39, 0.29) is 0 Å². The zero-order chi connectivity index (χ0) is 14.9. The zero-order valence-electron chi connectivity index (χ0n) is 12.4. The second-order valence-electron chi connectivity index (χ2n) is 5.99. The van der Waals surface area contributed by atoms with Crippen molar-refractivity contribution < 1.29 is 0 Å². The molecule has 2 heterocycles. The van der Waals surface area contributed by atoms with Crippen LogP contribution in [-0.2, 0) is 12.8 Å². The first-order valence-corrected chi connectivity index (χ1v) is 8.26. The summed E-state index contributed by atoms with van der Waals surface area (Å²) in [5.74, 6) is 0. The Morgan fingerprint density at radius 3 is 2.82 bits per heavy atom. The van der Waals surface area contributed by atoms with Crippen molar-refractivity contribution in [1.29, 1.82) is 0 Å². The summed E-state index contributed by atoms with van der Waals surface area (Å²) < 4.78 is 0. The summed E-state index contributed by atoms with van der Waals surface area (Å²) in [6.07, 6.45) is 3.27. The van der Waals surface area contributed by atoms with Gasteiger partial charge in [-0.1, -0.05) is 41.9 Å². The molecule has 1 aliphatic heterocycles. The minimum Gasteiger partial charge on any atom is -0.357 e. The first-order valence-electron chi connectivity index (χ1n) is 7.88. The normalized spacial score (nSPS) is 17.6. The molecule has 0 aliphatic carbocycles. The molecule has 0 amide bonds. The molecular formula is C19H19ClN2. The Bertz CT molecular complexity index is 792. The highest BCUT2D eigenvalue weighted by molar-refractivity contribution is 6.31. The molecule has 2 N–H and O–H groups in total. The predicted octanol–water partition coefficient (Wildman–Crippen LogP) is 4.64. The van der Waals surface area contributed by atoms with E-state index < -0.39 is 0 Å². The van der Waals surface area contributed by atoms with E-state index in [1.807, 2.05) is 6.07 Å². The summed E-state index contributed by atoms with van der Waals surface area (Å²) >= 11 is 6.17. The van der Waals surface area contributed by atoms with Gasteiger partial charge in [0.05, 0.1) is 0 Å². The highest BCUT2D eigenvalue weighted by Gasteiger charge is 2.23. The second kappa shape index (κ2) is 5.79. The van der Waals surface area contributed by atoms with Gasteiger partial charge in [-0.3, -0.25) is 0 Å². The van der Waals surface area contributed by atoms with Crippen LogP contribution in [0.3, 0.4) is 0 Å². The molecule has 1 aromatic heterocycles.